The van der Waals surface area contributed by atoms with Crippen LogP contribution < -0.4 is 26.1 Å². The van der Waals surface area contributed by atoms with Crippen molar-refractivity contribution in [3.63, 3.8) is 0 Å². The second-order valence-electron chi connectivity index (χ2n) is 9.49. The molecule has 2 aromatic carbocycles. The fourth-order valence-electron chi connectivity index (χ4n) is 4.45. The highest BCUT2D eigenvalue weighted by Gasteiger charge is 2.11. The summed E-state index contributed by atoms with van der Waals surface area (Å²) in [6.45, 7) is 4.87. The predicted octanol–water partition coefficient (Wildman–Crippen LogP) is 6.61. The number of nitrogens with one attached hydrogen (secondary N) is 5. The van der Waals surface area contributed by atoms with E-state index in [0.29, 0.717) is 23.4 Å². The summed E-state index contributed by atoms with van der Waals surface area (Å²) in [6.07, 6.45) is 5.54. The Balaban J connectivity index is 0.000000160. The van der Waals surface area contributed by atoms with Gasteiger partial charge in [-0.25, -0.2) is 24.5 Å². The zero-order chi connectivity index (χ0) is 31.3. The third-order valence-corrected chi connectivity index (χ3v) is 9.19. The number of hydrogen-bond acceptors (Lipinski definition) is 9. The van der Waals surface area contributed by atoms with Gasteiger partial charge in [-0.15, -0.1) is 0 Å². The van der Waals surface area contributed by atoms with Crippen LogP contribution in [0.25, 0.3) is 47.8 Å². The van der Waals surface area contributed by atoms with E-state index in [1.54, 1.807) is 6.20 Å². The van der Waals surface area contributed by atoms with E-state index in [1.165, 1.54) is 22.7 Å². The molecular weight excluding hydrogens is 631 g/mol. The van der Waals surface area contributed by atoms with Crippen molar-refractivity contribution < 1.29 is 9.59 Å². The smallest absolute Gasteiger partial charge is 0.321 e. The van der Waals surface area contributed by atoms with Crippen LogP contribution in [0.15, 0.2) is 78.0 Å². The van der Waals surface area contributed by atoms with Gasteiger partial charge in [0, 0.05) is 31.0 Å². The number of carbonyl (C=O) groups is 2. The lowest BCUT2D eigenvalue weighted by molar-refractivity contribution is 0.251. The first-order valence-corrected chi connectivity index (χ1v) is 16.4. The van der Waals surface area contributed by atoms with Crippen LogP contribution >= 0.6 is 34.0 Å². The number of fused-ring (bicyclic) bond motifs is 3. The number of rotatable bonds is 6. The first-order chi connectivity index (χ1) is 21.9. The highest BCUT2D eigenvalue weighted by atomic mass is 32.1. The fourth-order valence-corrected chi connectivity index (χ4v) is 6.81. The van der Waals surface area contributed by atoms with Crippen LogP contribution in [0.1, 0.15) is 13.8 Å². The highest BCUT2D eigenvalue weighted by Crippen LogP contribution is 2.32. The lowest BCUT2D eigenvalue weighted by Crippen LogP contribution is -2.28. The van der Waals surface area contributed by atoms with Crippen molar-refractivity contribution >= 4 is 82.4 Å². The maximum absolute atomic E-state index is 11.6. The first kappa shape index (κ1) is 29.9. The number of carbonyl (C=O) groups excluding carboxylic acids is 2. The Bertz CT molecular complexity index is 2190. The topological polar surface area (TPSA) is 158 Å². The van der Waals surface area contributed by atoms with Crippen LogP contribution in [0.4, 0.5) is 19.9 Å². The zero-order valence-corrected chi connectivity index (χ0v) is 26.5. The summed E-state index contributed by atoms with van der Waals surface area (Å²) in [5, 5.41) is 12.0. The molecule has 228 valence electrons. The summed E-state index contributed by atoms with van der Waals surface area (Å²) < 4.78 is 4.05. The maximum atomic E-state index is 11.6. The molecule has 12 nitrogen and oxygen atoms in total. The van der Waals surface area contributed by atoms with Crippen molar-refractivity contribution in [1.29, 1.82) is 0 Å². The minimum absolute atomic E-state index is 0.0815. The lowest BCUT2D eigenvalue weighted by Gasteiger charge is -2.01. The van der Waals surface area contributed by atoms with Gasteiger partial charge in [0.15, 0.2) is 10.3 Å². The molecule has 0 saturated heterocycles. The van der Waals surface area contributed by atoms with Gasteiger partial charge in [-0.2, -0.15) is 0 Å². The van der Waals surface area contributed by atoms with Gasteiger partial charge in [-0.1, -0.05) is 52.2 Å². The Labute approximate surface area is 268 Å². The van der Waals surface area contributed by atoms with Crippen LogP contribution in [-0.2, 0) is 0 Å². The molecule has 0 atom stereocenters. The van der Waals surface area contributed by atoms with Gasteiger partial charge >= 0.3 is 16.9 Å². The van der Waals surface area contributed by atoms with Gasteiger partial charge in [0.1, 0.15) is 5.65 Å². The van der Waals surface area contributed by atoms with Crippen LogP contribution in [-0.4, -0.2) is 49.5 Å². The number of hydrogen-bond donors (Lipinski definition) is 5. The minimum Gasteiger partial charge on any atom is -0.338 e. The summed E-state index contributed by atoms with van der Waals surface area (Å²) in [7, 11) is 0. The number of H-pyrrole nitrogens is 1. The minimum atomic E-state index is -0.263. The Morgan fingerprint density at radius 2 is 1.44 bits per heavy atom. The number of aromatic nitrogens is 5. The number of amides is 4. The summed E-state index contributed by atoms with van der Waals surface area (Å²) in [5.41, 5.74) is 5.54. The number of aromatic amines is 1. The van der Waals surface area contributed by atoms with E-state index in [9.17, 15) is 14.4 Å². The number of benzene rings is 2. The van der Waals surface area contributed by atoms with E-state index >= 15 is 0 Å². The Morgan fingerprint density at radius 1 is 0.822 bits per heavy atom. The quantitative estimate of drug-likeness (QED) is 0.135. The molecule has 45 heavy (non-hydrogen) atoms. The van der Waals surface area contributed by atoms with E-state index in [2.05, 4.69) is 41.2 Å². The van der Waals surface area contributed by atoms with Crippen molar-refractivity contribution in [3.8, 4) is 21.7 Å². The van der Waals surface area contributed by atoms with Gasteiger partial charge in [0.25, 0.3) is 0 Å². The molecule has 0 fully saturated rings. The normalized spacial score (nSPS) is 10.9. The number of urea groups is 2. The molecular formula is C30H27N9O3S3. The van der Waals surface area contributed by atoms with E-state index in [0.717, 1.165) is 59.1 Å². The standard InChI is InChI=1S/C17H15N5OS.C13H12N4O2S2/c1-2-18-16(23)21-17-20-12-9-11(6-7-14(12)24-17)13-10-19-15-5-3-4-8-22(13)15;1-2-14-11(18)17-12-16-8-5-7(3-4-9(8)20-12)10-6-15-13(19)21-10/h3-10H,2H2,1H3,(H2,18,20,21,23);3-6H,2H2,1H3,(H,15,19)(H2,14,16,17,18). The summed E-state index contributed by atoms with van der Waals surface area (Å²) in [5.74, 6) is 0. The third kappa shape index (κ3) is 6.85. The monoisotopic (exact) mass is 657 g/mol. The van der Waals surface area contributed by atoms with Gasteiger partial charge in [-0.05, 0) is 55.8 Å². The molecule has 7 rings (SSSR count). The number of nitrogens with zero attached hydrogens (tertiary/aromatic N) is 4. The van der Waals surface area contributed by atoms with Crippen molar-refractivity contribution in [2.75, 3.05) is 23.7 Å². The molecule has 15 heteroatoms. The van der Waals surface area contributed by atoms with Crippen LogP contribution in [0, 0.1) is 0 Å². The molecule has 5 N–H and O–H groups in total. The molecule has 5 heterocycles. The van der Waals surface area contributed by atoms with Gasteiger partial charge in [0.2, 0.25) is 0 Å². The molecule has 4 amide bonds. The average molecular weight is 658 g/mol. The molecule has 0 unspecified atom stereocenters. The summed E-state index contributed by atoms with van der Waals surface area (Å²) in [6, 6.07) is 17.3. The number of thiazole rings is 3. The SMILES string of the molecule is CCNC(=O)Nc1nc2cc(-c3c[nH]c(=O)s3)ccc2s1.CCNC(=O)Nc1nc2cc(-c3cnc4ccccn34)ccc2s1. The zero-order valence-electron chi connectivity index (χ0n) is 24.1. The van der Waals surface area contributed by atoms with Gasteiger partial charge in [-0.3, -0.25) is 19.8 Å². The number of pyridine rings is 1. The Hall–Kier alpha value is -5.12. The second kappa shape index (κ2) is 13.3. The van der Waals surface area contributed by atoms with Crippen molar-refractivity contribution in [2.45, 2.75) is 13.8 Å². The van der Waals surface area contributed by atoms with Gasteiger partial charge in [0.05, 0.1) is 37.2 Å². The number of imidazole rings is 1. The molecule has 0 spiro atoms. The Kier molecular flexibility index (Phi) is 8.81. The Morgan fingerprint density at radius 3 is 2.04 bits per heavy atom. The van der Waals surface area contributed by atoms with Crippen LogP contribution in [0.5, 0.6) is 0 Å². The lowest BCUT2D eigenvalue weighted by atomic mass is 10.1. The summed E-state index contributed by atoms with van der Waals surface area (Å²) in [4.78, 5) is 51.1. The predicted molar refractivity (Wildman–Crippen MR) is 183 cm³/mol. The molecule has 0 bridgehead atoms. The van der Waals surface area contributed by atoms with Crippen LogP contribution in [0.3, 0.4) is 0 Å². The average Bonchev–Trinajstić information content (AvgIpc) is 3.82. The maximum Gasteiger partial charge on any atom is 0.321 e. The van der Waals surface area contributed by atoms with Gasteiger partial charge < -0.3 is 15.6 Å². The molecule has 0 aliphatic heterocycles. The molecule has 0 saturated carbocycles. The van der Waals surface area contributed by atoms with Crippen molar-refractivity contribution in [2.24, 2.45) is 0 Å². The highest BCUT2D eigenvalue weighted by molar-refractivity contribution is 7.22. The largest absolute Gasteiger partial charge is 0.338 e. The van der Waals surface area contributed by atoms with Crippen molar-refractivity contribution in [1.82, 2.24) is 35.0 Å². The second-order valence-corrected chi connectivity index (χ2v) is 12.6. The van der Waals surface area contributed by atoms with Crippen molar-refractivity contribution in [3.05, 3.63) is 82.9 Å². The molecule has 0 aliphatic rings. The number of anilines is 2. The van der Waals surface area contributed by atoms with E-state index in [4.69, 9.17) is 0 Å². The van der Waals surface area contributed by atoms with Crippen LogP contribution in [0.2, 0.25) is 0 Å². The molecule has 0 radical (unpaired) electrons. The molecule has 7 aromatic rings. The summed E-state index contributed by atoms with van der Waals surface area (Å²) >= 11 is 4.03. The molecule has 5 aromatic heterocycles. The van der Waals surface area contributed by atoms with E-state index < -0.39 is 0 Å². The third-order valence-electron chi connectivity index (χ3n) is 6.41. The first-order valence-electron chi connectivity index (χ1n) is 13.9. The van der Waals surface area contributed by atoms with E-state index in [1.807, 2.05) is 85.2 Å². The fraction of sp³-hybridized carbons (Fsp3) is 0.133. The van der Waals surface area contributed by atoms with E-state index in [-0.39, 0.29) is 16.9 Å². The molecule has 0 aliphatic carbocycles.